The predicted octanol–water partition coefficient (Wildman–Crippen LogP) is 1.80. The molecule has 0 atom stereocenters. The van der Waals surface area contributed by atoms with Gasteiger partial charge in [-0.1, -0.05) is 0 Å². The highest BCUT2D eigenvalue weighted by molar-refractivity contribution is 7.08. The van der Waals surface area contributed by atoms with Gasteiger partial charge in [-0.25, -0.2) is 4.98 Å². The van der Waals surface area contributed by atoms with Gasteiger partial charge in [0.2, 0.25) is 0 Å². The molecule has 0 aliphatic heterocycles. The molecular weight excluding hydrogens is 148 g/mol. The Labute approximate surface area is 61.5 Å². The highest BCUT2D eigenvalue weighted by Crippen LogP contribution is 2.19. The lowest BCUT2D eigenvalue weighted by molar-refractivity contribution is 0.582. The Morgan fingerprint density at radius 2 is 2.50 bits per heavy atom. The number of nitrogens with zero attached hydrogens (tertiary/aromatic N) is 2. The maximum atomic E-state index is 5.09. The van der Waals surface area contributed by atoms with Crippen LogP contribution in [-0.4, -0.2) is 9.36 Å². The Balaban J connectivity index is 2.48. The third-order valence-corrected chi connectivity index (χ3v) is 1.77. The quantitative estimate of drug-likeness (QED) is 0.625. The fraction of sp³-hybridized carbons (Fsp3) is 0. The topological polar surface area (TPSA) is 38.9 Å². The molecule has 2 aromatic rings. The molecule has 0 bridgehead atoms. The van der Waals surface area contributed by atoms with Crippen LogP contribution >= 0.6 is 11.5 Å². The average molecular weight is 152 g/mol. The molecule has 0 N–H and O–H groups in total. The van der Waals surface area contributed by atoms with Gasteiger partial charge in [0, 0.05) is 0 Å². The van der Waals surface area contributed by atoms with Crippen LogP contribution < -0.4 is 0 Å². The van der Waals surface area contributed by atoms with Crippen LogP contribution in [-0.2, 0) is 0 Å². The SMILES string of the molecule is c1coc(-c2ncns2)c1. The van der Waals surface area contributed by atoms with E-state index < -0.39 is 0 Å². The predicted molar refractivity (Wildman–Crippen MR) is 37.6 cm³/mol. The van der Waals surface area contributed by atoms with Crippen molar-refractivity contribution in [3.8, 4) is 10.8 Å². The molecule has 10 heavy (non-hydrogen) atoms. The van der Waals surface area contributed by atoms with Crippen LogP contribution in [0.2, 0.25) is 0 Å². The molecule has 0 spiro atoms. The lowest BCUT2D eigenvalue weighted by atomic mass is 10.5. The molecule has 0 fully saturated rings. The van der Waals surface area contributed by atoms with Gasteiger partial charge in [-0.3, -0.25) is 0 Å². The van der Waals surface area contributed by atoms with Crippen LogP contribution in [0.5, 0.6) is 0 Å². The van der Waals surface area contributed by atoms with Gasteiger partial charge in [0.15, 0.2) is 10.8 Å². The summed E-state index contributed by atoms with van der Waals surface area (Å²) >= 11 is 1.33. The second-order valence-electron chi connectivity index (χ2n) is 1.72. The van der Waals surface area contributed by atoms with Crippen molar-refractivity contribution in [2.45, 2.75) is 0 Å². The van der Waals surface area contributed by atoms with Gasteiger partial charge in [-0.15, -0.1) is 0 Å². The van der Waals surface area contributed by atoms with Crippen molar-refractivity contribution in [2.24, 2.45) is 0 Å². The van der Waals surface area contributed by atoms with Crippen molar-refractivity contribution in [3.05, 3.63) is 24.7 Å². The van der Waals surface area contributed by atoms with Crippen molar-refractivity contribution in [1.29, 1.82) is 0 Å². The fourth-order valence-corrected chi connectivity index (χ4v) is 1.18. The Morgan fingerprint density at radius 1 is 1.50 bits per heavy atom. The number of aromatic nitrogens is 2. The van der Waals surface area contributed by atoms with Gasteiger partial charge in [0.05, 0.1) is 6.26 Å². The molecule has 0 radical (unpaired) electrons. The van der Waals surface area contributed by atoms with Gasteiger partial charge < -0.3 is 4.42 Å². The minimum atomic E-state index is 0.780. The van der Waals surface area contributed by atoms with Crippen molar-refractivity contribution in [1.82, 2.24) is 9.36 Å². The monoisotopic (exact) mass is 152 g/mol. The minimum absolute atomic E-state index is 0.780. The zero-order valence-corrected chi connectivity index (χ0v) is 5.84. The van der Waals surface area contributed by atoms with Gasteiger partial charge >= 0.3 is 0 Å². The van der Waals surface area contributed by atoms with Crippen LogP contribution in [0.15, 0.2) is 29.1 Å². The Morgan fingerprint density at radius 3 is 3.10 bits per heavy atom. The van der Waals surface area contributed by atoms with E-state index in [1.165, 1.54) is 17.9 Å². The third-order valence-electron chi connectivity index (χ3n) is 1.09. The maximum Gasteiger partial charge on any atom is 0.178 e. The lowest BCUT2D eigenvalue weighted by Gasteiger charge is -1.81. The van der Waals surface area contributed by atoms with Crippen LogP contribution in [0.1, 0.15) is 0 Å². The van der Waals surface area contributed by atoms with Crippen LogP contribution in [0.4, 0.5) is 0 Å². The molecule has 3 nitrogen and oxygen atoms in total. The molecule has 0 saturated carbocycles. The summed E-state index contributed by atoms with van der Waals surface area (Å²) < 4.78 is 8.93. The van der Waals surface area contributed by atoms with Crippen molar-refractivity contribution in [2.75, 3.05) is 0 Å². The smallest absolute Gasteiger partial charge is 0.178 e. The second kappa shape index (κ2) is 2.22. The minimum Gasteiger partial charge on any atom is -0.462 e. The zero-order valence-electron chi connectivity index (χ0n) is 5.02. The third kappa shape index (κ3) is 0.823. The van der Waals surface area contributed by atoms with E-state index in [1.54, 1.807) is 6.26 Å². The molecule has 2 rings (SSSR count). The summed E-state index contributed by atoms with van der Waals surface area (Å²) in [6.45, 7) is 0. The second-order valence-corrected chi connectivity index (χ2v) is 2.50. The molecule has 0 amide bonds. The Bertz CT molecular complexity index is 255. The average Bonchev–Trinajstić information content (AvgIpc) is 2.59. The van der Waals surface area contributed by atoms with E-state index >= 15 is 0 Å². The highest BCUT2D eigenvalue weighted by Gasteiger charge is 2.01. The summed E-state index contributed by atoms with van der Waals surface area (Å²) in [5.41, 5.74) is 0. The molecule has 2 heterocycles. The van der Waals surface area contributed by atoms with Crippen molar-refractivity contribution < 1.29 is 4.42 Å². The first-order chi connectivity index (χ1) is 4.97. The molecule has 2 aromatic heterocycles. The summed E-state index contributed by atoms with van der Waals surface area (Å²) in [7, 11) is 0. The molecule has 50 valence electrons. The fourth-order valence-electron chi connectivity index (χ4n) is 0.682. The van der Waals surface area contributed by atoms with E-state index in [1.807, 2.05) is 12.1 Å². The zero-order chi connectivity index (χ0) is 6.81. The molecule has 0 aromatic carbocycles. The molecule has 0 saturated heterocycles. The van der Waals surface area contributed by atoms with Gasteiger partial charge in [-0.05, 0) is 23.7 Å². The van der Waals surface area contributed by atoms with Gasteiger partial charge in [0.1, 0.15) is 6.33 Å². The van der Waals surface area contributed by atoms with E-state index in [-0.39, 0.29) is 0 Å². The van der Waals surface area contributed by atoms with E-state index in [9.17, 15) is 0 Å². The van der Waals surface area contributed by atoms with Crippen molar-refractivity contribution in [3.63, 3.8) is 0 Å². The van der Waals surface area contributed by atoms with E-state index in [0.29, 0.717) is 0 Å². The van der Waals surface area contributed by atoms with E-state index in [4.69, 9.17) is 4.42 Å². The number of hydrogen-bond donors (Lipinski definition) is 0. The standard InChI is InChI=1S/C6H4N2OS/c1-2-5(9-3-1)6-7-4-8-10-6/h1-4H. The maximum absolute atomic E-state index is 5.09. The Hall–Kier alpha value is -1.16. The summed E-state index contributed by atoms with van der Waals surface area (Å²) in [6, 6.07) is 3.69. The summed E-state index contributed by atoms with van der Waals surface area (Å²) in [5, 5.41) is 0.824. The normalized spacial score (nSPS) is 10.0. The van der Waals surface area contributed by atoms with E-state index in [0.717, 1.165) is 10.8 Å². The van der Waals surface area contributed by atoms with Crippen LogP contribution in [0.3, 0.4) is 0 Å². The first-order valence-electron chi connectivity index (χ1n) is 2.77. The molecule has 0 aliphatic carbocycles. The van der Waals surface area contributed by atoms with E-state index in [2.05, 4.69) is 9.36 Å². The van der Waals surface area contributed by atoms with Gasteiger partial charge in [0.25, 0.3) is 0 Å². The highest BCUT2D eigenvalue weighted by atomic mass is 32.1. The van der Waals surface area contributed by atoms with Gasteiger partial charge in [-0.2, -0.15) is 4.37 Å². The summed E-state index contributed by atoms with van der Waals surface area (Å²) in [5.74, 6) is 0.780. The van der Waals surface area contributed by atoms with Crippen LogP contribution in [0.25, 0.3) is 10.8 Å². The summed E-state index contributed by atoms with van der Waals surface area (Å²) in [4.78, 5) is 3.97. The molecule has 0 unspecified atom stereocenters. The number of hydrogen-bond acceptors (Lipinski definition) is 4. The molecular formula is C6H4N2OS. The lowest BCUT2D eigenvalue weighted by Crippen LogP contribution is -1.65. The first-order valence-corrected chi connectivity index (χ1v) is 3.55. The largest absolute Gasteiger partial charge is 0.462 e. The molecule has 0 aliphatic rings. The van der Waals surface area contributed by atoms with Crippen LogP contribution in [0, 0.1) is 0 Å². The first kappa shape index (κ1) is 5.61. The number of furan rings is 1. The van der Waals surface area contributed by atoms with Crippen molar-refractivity contribution >= 4 is 11.5 Å². The summed E-state index contributed by atoms with van der Waals surface area (Å²) in [6.07, 6.45) is 3.14. The number of rotatable bonds is 1. The molecule has 4 heteroatoms. The Kier molecular flexibility index (Phi) is 1.25.